The standard InChI is InChI=1S/C16H22O2S/c17-19(18,14-9-2-1-3-10-14)16-12-6-8-13-7-4-5-11-15(13)16/h1-3,9-10,13,15-16H,4-8,11-12H2. The van der Waals surface area contributed by atoms with Gasteiger partial charge in [0.25, 0.3) is 0 Å². The van der Waals surface area contributed by atoms with Crippen molar-refractivity contribution in [2.45, 2.75) is 55.1 Å². The quantitative estimate of drug-likeness (QED) is 0.824. The molecular formula is C16H22O2S. The average Bonchev–Trinajstić information content (AvgIpc) is 2.47. The highest BCUT2D eigenvalue weighted by molar-refractivity contribution is 7.92. The highest BCUT2D eigenvalue weighted by Crippen LogP contribution is 2.44. The summed E-state index contributed by atoms with van der Waals surface area (Å²) in [5.74, 6) is 1.07. The predicted octanol–water partition coefficient (Wildman–Crippen LogP) is 3.82. The second-order valence-electron chi connectivity index (χ2n) is 6.04. The fourth-order valence-electron chi connectivity index (χ4n) is 4.05. The molecule has 3 atom stereocenters. The van der Waals surface area contributed by atoms with Crippen molar-refractivity contribution in [1.82, 2.24) is 0 Å². The summed E-state index contributed by atoms with van der Waals surface area (Å²) >= 11 is 0. The Kier molecular flexibility index (Phi) is 3.66. The zero-order valence-electron chi connectivity index (χ0n) is 11.3. The maximum Gasteiger partial charge on any atom is 0.181 e. The predicted molar refractivity (Wildman–Crippen MR) is 76.7 cm³/mol. The molecule has 3 rings (SSSR count). The lowest BCUT2D eigenvalue weighted by Gasteiger charge is -2.40. The minimum atomic E-state index is -3.13. The van der Waals surface area contributed by atoms with E-state index in [9.17, 15) is 8.42 Å². The van der Waals surface area contributed by atoms with Crippen LogP contribution < -0.4 is 0 Å². The van der Waals surface area contributed by atoms with Gasteiger partial charge >= 0.3 is 0 Å². The van der Waals surface area contributed by atoms with Gasteiger partial charge in [-0.1, -0.05) is 50.3 Å². The second-order valence-corrected chi connectivity index (χ2v) is 8.20. The first-order chi connectivity index (χ1) is 9.19. The summed E-state index contributed by atoms with van der Waals surface area (Å²) < 4.78 is 25.7. The Hall–Kier alpha value is -0.830. The summed E-state index contributed by atoms with van der Waals surface area (Å²) in [6.45, 7) is 0. The van der Waals surface area contributed by atoms with E-state index in [0.29, 0.717) is 16.7 Å². The Morgan fingerprint density at radius 2 is 1.53 bits per heavy atom. The van der Waals surface area contributed by atoms with Gasteiger partial charge in [0.1, 0.15) is 0 Å². The normalized spacial score (nSPS) is 31.7. The fourth-order valence-corrected chi connectivity index (χ4v) is 6.23. The highest BCUT2D eigenvalue weighted by atomic mass is 32.2. The molecule has 2 aliphatic carbocycles. The van der Waals surface area contributed by atoms with Crippen LogP contribution in [0.3, 0.4) is 0 Å². The number of sulfone groups is 1. The van der Waals surface area contributed by atoms with Gasteiger partial charge in [0.15, 0.2) is 9.84 Å². The molecule has 0 spiro atoms. The lowest BCUT2D eigenvalue weighted by atomic mass is 9.71. The lowest BCUT2D eigenvalue weighted by Crippen LogP contribution is -2.39. The molecule has 0 saturated heterocycles. The van der Waals surface area contributed by atoms with Crippen LogP contribution in [0.4, 0.5) is 0 Å². The van der Waals surface area contributed by atoms with Crippen LogP contribution in [-0.2, 0) is 9.84 Å². The van der Waals surface area contributed by atoms with E-state index in [4.69, 9.17) is 0 Å². The SMILES string of the molecule is O=S(=O)(c1ccccc1)C1CCCC2CCCCC21. The monoisotopic (exact) mass is 278 g/mol. The molecule has 0 N–H and O–H groups in total. The van der Waals surface area contributed by atoms with Crippen molar-refractivity contribution < 1.29 is 8.42 Å². The van der Waals surface area contributed by atoms with E-state index in [1.165, 1.54) is 25.7 Å². The maximum atomic E-state index is 12.8. The summed E-state index contributed by atoms with van der Waals surface area (Å²) in [5, 5.41) is -0.131. The Morgan fingerprint density at radius 1 is 0.842 bits per heavy atom. The topological polar surface area (TPSA) is 34.1 Å². The van der Waals surface area contributed by atoms with Crippen LogP contribution in [0.15, 0.2) is 35.2 Å². The summed E-state index contributed by atoms with van der Waals surface area (Å²) in [6, 6.07) is 9.04. The number of rotatable bonds is 2. The molecule has 19 heavy (non-hydrogen) atoms. The molecule has 2 nitrogen and oxygen atoms in total. The molecule has 2 saturated carbocycles. The number of fused-ring (bicyclic) bond motifs is 1. The summed E-state index contributed by atoms with van der Waals surface area (Å²) in [4.78, 5) is 0.520. The molecule has 1 aromatic rings. The van der Waals surface area contributed by atoms with Crippen molar-refractivity contribution in [1.29, 1.82) is 0 Å². The average molecular weight is 278 g/mol. The molecule has 3 heteroatoms. The summed E-state index contributed by atoms with van der Waals surface area (Å²) in [7, 11) is -3.13. The van der Waals surface area contributed by atoms with Gasteiger partial charge < -0.3 is 0 Å². The van der Waals surface area contributed by atoms with Gasteiger partial charge in [-0.15, -0.1) is 0 Å². The van der Waals surface area contributed by atoms with Gasteiger partial charge in [-0.2, -0.15) is 0 Å². The summed E-state index contributed by atoms with van der Waals surface area (Å²) in [5.41, 5.74) is 0. The van der Waals surface area contributed by atoms with Crippen molar-refractivity contribution in [3.05, 3.63) is 30.3 Å². The first kappa shape index (κ1) is 13.2. The molecule has 2 fully saturated rings. The third-order valence-electron chi connectivity index (χ3n) is 4.98. The van der Waals surface area contributed by atoms with E-state index in [1.807, 2.05) is 18.2 Å². The Balaban J connectivity index is 1.91. The van der Waals surface area contributed by atoms with Crippen LogP contribution in [0.25, 0.3) is 0 Å². The molecule has 3 unspecified atom stereocenters. The largest absolute Gasteiger partial charge is 0.223 e. The minimum absolute atomic E-state index is 0.131. The van der Waals surface area contributed by atoms with E-state index in [0.717, 1.165) is 19.3 Å². The molecule has 0 aromatic heterocycles. The van der Waals surface area contributed by atoms with Gasteiger partial charge in [-0.3, -0.25) is 0 Å². The van der Waals surface area contributed by atoms with Crippen molar-refractivity contribution >= 4 is 9.84 Å². The Bertz CT molecular complexity index is 519. The van der Waals surface area contributed by atoms with Gasteiger partial charge in [-0.25, -0.2) is 8.42 Å². The van der Waals surface area contributed by atoms with Crippen LogP contribution in [0.1, 0.15) is 44.9 Å². The minimum Gasteiger partial charge on any atom is -0.223 e. The van der Waals surface area contributed by atoms with Crippen LogP contribution in [0, 0.1) is 11.8 Å². The van der Waals surface area contributed by atoms with Gasteiger partial charge in [0, 0.05) is 0 Å². The zero-order valence-corrected chi connectivity index (χ0v) is 12.1. The van der Waals surface area contributed by atoms with E-state index in [-0.39, 0.29) is 5.25 Å². The highest BCUT2D eigenvalue weighted by Gasteiger charge is 2.41. The van der Waals surface area contributed by atoms with Crippen molar-refractivity contribution in [3.8, 4) is 0 Å². The number of benzene rings is 1. The molecule has 0 bridgehead atoms. The fraction of sp³-hybridized carbons (Fsp3) is 0.625. The maximum absolute atomic E-state index is 12.8. The lowest BCUT2D eigenvalue weighted by molar-refractivity contribution is 0.174. The van der Waals surface area contributed by atoms with Crippen LogP contribution in [0.2, 0.25) is 0 Å². The van der Waals surface area contributed by atoms with Crippen LogP contribution in [0.5, 0.6) is 0 Å². The van der Waals surface area contributed by atoms with E-state index < -0.39 is 9.84 Å². The van der Waals surface area contributed by atoms with E-state index in [1.54, 1.807) is 12.1 Å². The van der Waals surface area contributed by atoms with Gasteiger partial charge in [-0.05, 0) is 36.8 Å². The zero-order chi connectivity index (χ0) is 13.3. The summed E-state index contributed by atoms with van der Waals surface area (Å²) in [6.07, 6.45) is 8.04. The molecule has 1 aromatic carbocycles. The molecule has 0 heterocycles. The third kappa shape index (κ3) is 2.45. The second kappa shape index (κ2) is 5.28. The van der Waals surface area contributed by atoms with Gasteiger partial charge in [0.2, 0.25) is 0 Å². The Labute approximate surface area is 116 Å². The van der Waals surface area contributed by atoms with Crippen molar-refractivity contribution in [2.24, 2.45) is 11.8 Å². The molecule has 0 aliphatic heterocycles. The van der Waals surface area contributed by atoms with Crippen LogP contribution in [-0.4, -0.2) is 13.7 Å². The van der Waals surface area contributed by atoms with E-state index in [2.05, 4.69) is 0 Å². The van der Waals surface area contributed by atoms with Gasteiger partial charge in [0.05, 0.1) is 10.1 Å². The first-order valence-electron chi connectivity index (χ1n) is 7.48. The van der Waals surface area contributed by atoms with Crippen molar-refractivity contribution in [3.63, 3.8) is 0 Å². The molecular weight excluding hydrogens is 256 g/mol. The molecule has 0 radical (unpaired) electrons. The Morgan fingerprint density at radius 3 is 2.32 bits per heavy atom. The van der Waals surface area contributed by atoms with E-state index >= 15 is 0 Å². The third-order valence-corrected chi connectivity index (χ3v) is 7.29. The molecule has 104 valence electrons. The molecule has 0 amide bonds. The smallest absolute Gasteiger partial charge is 0.181 e. The molecule has 2 aliphatic rings. The van der Waals surface area contributed by atoms with Crippen LogP contribution >= 0.6 is 0 Å². The number of hydrogen-bond donors (Lipinski definition) is 0. The number of hydrogen-bond acceptors (Lipinski definition) is 2. The first-order valence-corrected chi connectivity index (χ1v) is 9.03. The van der Waals surface area contributed by atoms with Crippen molar-refractivity contribution in [2.75, 3.05) is 0 Å².